The highest BCUT2D eigenvalue weighted by Crippen LogP contribution is 2.43. The van der Waals surface area contributed by atoms with E-state index in [1.807, 2.05) is 61.0 Å². The fraction of sp³-hybridized carbons (Fsp3) is 0.169. The number of hydrogen-bond donors (Lipinski definition) is 7. The largest absolute Gasteiger partial charge is 0.478 e. The van der Waals surface area contributed by atoms with Crippen molar-refractivity contribution in [2.45, 2.75) is 67.9 Å². The number of benzene rings is 9. The van der Waals surface area contributed by atoms with E-state index in [4.69, 9.17) is 51.4 Å². The van der Waals surface area contributed by atoms with Gasteiger partial charge in [0.2, 0.25) is 0 Å². The third-order valence-electron chi connectivity index (χ3n) is 19.6. The molecule has 0 saturated carbocycles. The smallest absolute Gasteiger partial charge is 0.337 e. The summed E-state index contributed by atoms with van der Waals surface area (Å²) >= 11 is 21.2. The zero-order valence-electron chi connectivity index (χ0n) is 64.6. The van der Waals surface area contributed by atoms with Crippen LogP contribution >= 0.6 is 58.3 Å². The van der Waals surface area contributed by atoms with Crippen LogP contribution in [0.3, 0.4) is 0 Å². The van der Waals surface area contributed by atoms with Crippen LogP contribution in [0.4, 0.5) is 17.1 Å². The molecule has 15 rings (SSSR count). The Morgan fingerprint density at radius 1 is 0.395 bits per heavy atom. The van der Waals surface area contributed by atoms with E-state index in [1.54, 1.807) is 114 Å². The quantitative estimate of drug-likeness (QED) is 0.0329. The number of nitrogens with zero attached hydrogens (tertiary/aromatic N) is 6. The van der Waals surface area contributed by atoms with Crippen LogP contribution < -0.4 is 32.7 Å². The molecule has 0 aliphatic heterocycles. The van der Waals surface area contributed by atoms with Crippen LogP contribution in [0.1, 0.15) is 95.9 Å². The number of primary amides is 1. The minimum absolute atomic E-state index is 0.00461. The highest BCUT2D eigenvalue weighted by molar-refractivity contribution is 7.98. The summed E-state index contributed by atoms with van der Waals surface area (Å²) in [4.78, 5) is 76.6. The van der Waals surface area contributed by atoms with Crippen molar-refractivity contribution in [3.63, 3.8) is 0 Å². The van der Waals surface area contributed by atoms with E-state index < -0.39 is 57.1 Å². The number of thioether (sulfide) groups is 2. The summed E-state index contributed by atoms with van der Waals surface area (Å²) < 4.78 is 100. The van der Waals surface area contributed by atoms with Gasteiger partial charge in [0.1, 0.15) is 0 Å². The van der Waals surface area contributed by atoms with Crippen molar-refractivity contribution < 1.29 is 67.5 Å². The van der Waals surface area contributed by atoms with E-state index in [-0.39, 0.29) is 64.2 Å². The number of carbonyl (C=O) groups is 6. The minimum Gasteiger partial charge on any atom is -0.478 e. The summed E-state index contributed by atoms with van der Waals surface area (Å²) in [6, 6.07) is 49.8. The first-order chi connectivity index (χ1) is 56.3. The van der Waals surface area contributed by atoms with Gasteiger partial charge in [-0.3, -0.25) is 24.0 Å². The van der Waals surface area contributed by atoms with E-state index in [0.29, 0.717) is 105 Å². The molecule has 0 saturated heterocycles. The third-order valence-corrected chi connectivity index (χ3v) is 26.5. The number of fused-ring (bicyclic) bond motifs is 9. The number of carboxylic acid groups (broad SMARTS) is 1. The predicted molar refractivity (Wildman–Crippen MR) is 462 cm³/mol. The second kappa shape index (κ2) is 35.3. The first-order valence-corrected chi connectivity index (χ1v) is 47.1. The van der Waals surface area contributed by atoms with Crippen molar-refractivity contribution in [3.8, 4) is 50.8 Å². The molecular weight excluding hydrogens is 1700 g/mol. The number of nitrogens with one attached hydrogen (secondary N) is 4. The molecule has 9 N–H and O–H groups in total. The number of aryl methyl sites for hydroxylation is 3. The van der Waals surface area contributed by atoms with Crippen molar-refractivity contribution in [1.29, 1.82) is 0 Å². The lowest BCUT2D eigenvalue weighted by atomic mass is 9.88. The number of hydrogen-bond acceptors (Lipinski definition) is 20. The van der Waals surface area contributed by atoms with E-state index in [9.17, 15) is 62.4 Å². The maximum atomic E-state index is 13.1. The molecule has 614 valence electrons. The maximum absolute atomic E-state index is 13.1. The summed E-state index contributed by atoms with van der Waals surface area (Å²) in [6.45, 7) is 0. The lowest BCUT2D eigenvalue weighted by Crippen LogP contribution is -2.20. The van der Waals surface area contributed by atoms with Gasteiger partial charge in [-0.05, 0) is 232 Å². The summed E-state index contributed by atoms with van der Waals surface area (Å²) in [5.41, 5.74) is 26.4. The van der Waals surface area contributed by atoms with Crippen molar-refractivity contribution in [1.82, 2.24) is 40.0 Å². The number of carboxylic acids is 1. The summed E-state index contributed by atoms with van der Waals surface area (Å²) in [7, 11) is -10.5. The molecule has 0 bridgehead atoms. The second-order valence-electron chi connectivity index (χ2n) is 27.6. The van der Waals surface area contributed by atoms with Gasteiger partial charge in [-0.1, -0.05) is 53.0 Å². The molecule has 3 aliphatic carbocycles. The number of aromatic nitrogens is 6. The molecule has 27 nitrogen and oxygen atoms in total. The maximum Gasteiger partial charge on any atom is 0.337 e. The Hall–Kier alpha value is -11.4. The monoisotopic (exact) mass is 1780 g/mol. The lowest BCUT2D eigenvalue weighted by molar-refractivity contribution is 0.0695. The summed E-state index contributed by atoms with van der Waals surface area (Å²) in [5.74, 6) is -3.19. The fourth-order valence-corrected chi connectivity index (χ4v) is 17.7. The summed E-state index contributed by atoms with van der Waals surface area (Å²) in [6.07, 6.45) is 12.2. The Morgan fingerprint density at radius 2 is 0.714 bits per heavy atom. The van der Waals surface area contributed by atoms with Crippen molar-refractivity contribution in [2.24, 2.45) is 5.73 Å². The molecule has 12 aromatic rings. The fourth-order valence-electron chi connectivity index (χ4n) is 13.7. The van der Waals surface area contributed by atoms with Crippen LogP contribution in [0.25, 0.3) is 50.8 Å². The second-order valence-corrected chi connectivity index (χ2v) is 38.6. The van der Waals surface area contributed by atoms with Gasteiger partial charge in [0, 0.05) is 99.4 Å². The van der Waals surface area contributed by atoms with Gasteiger partial charge < -0.3 is 37.8 Å². The van der Waals surface area contributed by atoms with Crippen LogP contribution in [0.15, 0.2) is 211 Å². The zero-order chi connectivity index (χ0) is 86.1. The Labute approximate surface area is 708 Å². The normalized spacial score (nSPS) is 12.4. The van der Waals surface area contributed by atoms with Crippen molar-refractivity contribution in [2.75, 3.05) is 68.0 Å². The van der Waals surface area contributed by atoms with E-state index in [1.165, 1.54) is 76.9 Å². The number of nitrogens with two attached hydrogens (primary N) is 2. The third kappa shape index (κ3) is 19.0. The van der Waals surface area contributed by atoms with Gasteiger partial charge in [-0.2, -0.15) is 15.3 Å². The molecule has 3 aliphatic rings. The van der Waals surface area contributed by atoms with Crippen LogP contribution in [0, 0.1) is 0 Å². The highest BCUT2D eigenvalue weighted by atomic mass is 35.5. The Kier molecular flexibility index (Phi) is 25.8. The Bertz CT molecular complexity index is 6640. The lowest BCUT2D eigenvalue weighted by Gasteiger charge is -2.20. The molecular formula is C83H75Cl3N12O15S6. The van der Waals surface area contributed by atoms with Gasteiger partial charge in [-0.15, -0.1) is 23.5 Å². The van der Waals surface area contributed by atoms with Gasteiger partial charge >= 0.3 is 5.97 Å². The van der Waals surface area contributed by atoms with Gasteiger partial charge in [0.15, 0.2) is 56.4 Å². The molecule has 36 heteroatoms. The topological polar surface area (TPSA) is 413 Å². The molecule has 5 amide bonds. The van der Waals surface area contributed by atoms with Crippen LogP contribution in [-0.4, -0.2) is 155 Å². The average molecular weight is 1780 g/mol. The molecule has 3 heterocycles. The van der Waals surface area contributed by atoms with Gasteiger partial charge in [0.25, 0.3) is 29.5 Å². The van der Waals surface area contributed by atoms with E-state index in [0.717, 1.165) is 85.3 Å². The molecule has 119 heavy (non-hydrogen) atoms. The standard InChI is InChI=1S/C28H25ClN4O4S2.C27H23ClN4O6S2.C20H20N4O3S.C8H7ClO2S/c1-30-28(35)25-21-12-5-16-4-6-17(31-27(34)23-15-19(38-2)9-13-24(23)29)14-22(16)26(21)33(32-25)18-7-10-20(11-8-18)39(3,36)37;1-39(35,36)18-8-6-17(7-9-18)32-25-20(24(31-32)26(29)33)11-4-15-3-5-16(13-21(15)25)30-27(34)22-14-19(40(2,37)38)10-12-23(22)28;1-22-20(25)18-16-10-4-12-3-5-13(21)11-17(12)19(16)24(23-18)14-6-8-15(9-7-14)28(2,26)27;1-12-5-2-3-7(9)6(4-5)8(10)11/h4,6-11,13-15H,5,12H2,1-3H3,(H,30,35)(H,31,34);3,5-10,12-14H,4,11H2,1-2H3,(H2,29,33)(H,30,34);3,5-9,11H,4,10,21H2,1-2H3,(H,22,25);2-4H,1H3,(H,10,11). The summed E-state index contributed by atoms with van der Waals surface area (Å²) in [5, 5.41) is 34.1. The Balaban J connectivity index is 0.000000155. The first kappa shape index (κ1) is 86.9. The van der Waals surface area contributed by atoms with E-state index in [2.05, 4.69) is 36.6 Å². The minimum atomic E-state index is -3.56. The number of anilines is 3. The molecule has 9 aromatic carbocycles. The highest BCUT2D eigenvalue weighted by Gasteiger charge is 2.34. The molecule has 0 atom stereocenters. The van der Waals surface area contributed by atoms with Crippen molar-refractivity contribution in [3.05, 3.63) is 264 Å². The molecule has 3 aromatic heterocycles. The van der Waals surface area contributed by atoms with Gasteiger partial charge in [-0.25, -0.2) is 52.5 Å². The molecule has 0 unspecified atom stereocenters. The number of carbonyl (C=O) groups excluding carboxylic acids is 5. The average Bonchev–Trinajstić information content (AvgIpc) is 1.61. The molecule has 0 radical (unpaired) electrons. The number of amides is 5. The number of aromatic carboxylic acids is 1. The molecule has 0 fully saturated rings. The zero-order valence-corrected chi connectivity index (χ0v) is 71.8. The molecule has 0 spiro atoms. The number of rotatable bonds is 17. The van der Waals surface area contributed by atoms with E-state index >= 15 is 0 Å². The van der Waals surface area contributed by atoms with Crippen LogP contribution in [0.2, 0.25) is 15.1 Å². The SMILES string of the molecule is CNC(=O)c1nn(-c2ccc(S(C)(=O)=O)cc2)c2c1CCc1ccc(N)cc1-2.CNC(=O)c1nn(-c2ccc(S(C)(=O)=O)cc2)c2c1CCc1ccc(NC(=O)c3cc(SC)ccc3Cl)cc1-2.CS(=O)(=O)c1ccc(-n2nc(C(N)=O)c3c2-c2cc(NC(=O)c4cc(S(C)(=O)=O)ccc4Cl)ccc2CC3)cc1.CSc1ccc(Cl)c(C(=O)O)c1. The number of sulfone groups is 4. The van der Waals surface area contributed by atoms with Crippen molar-refractivity contribution >= 4 is 150 Å². The first-order valence-electron chi connectivity index (χ1n) is 36.0. The van der Waals surface area contributed by atoms with Gasteiger partial charge in [0.05, 0.1) is 85.5 Å². The number of nitrogen functional groups attached to an aromatic ring is 1. The van der Waals surface area contributed by atoms with Crippen LogP contribution in [-0.2, 0) is 77.9 Å². The van der Waals surface area contributed by atoms with Crippen LogP contribution in [0.5, 0.6) is 0 Å². The predicted octanol–water partition coefficient (Wildman–Crippen LogP) is 13.2. The number of halogens is 3. The Morgan fingerprint density at radius 3 is 1.07 bits per heavy atom.